The molecule has 0 amide bonds. The zero-order valence-electron chi connectivity index (χ0n) is 14.6. The minimum Gasteiger partial charge on any atom is -0.237 e. The molecular weight excluding hydrogens is 360 g/mol. The van der Waals surface area contributed by atoms with E-state index in [2.05, 4.69) is 9.97 Å². The van der Waals surface area contributed by atoms with Crippen molar-refractivity contribution in [1.82, 2.24) is 14.3 Å². The van der Waals surface area contributed by atoms with E-state index in [0.29, 0.717) is 18.7 Å². The molecule has 1 aliphatic rings. The van der Waals surface area contributed by atoms with Crippen molar-refractivity contribution < 1.29 is 8.42 Å². The van der Waals surface area contributed by atoms with Crippen molar-refractivity contribution in [3.05, 3.63) is 66.0 Å². The smallest absolute Gasteiger partial charge is 0.237 e. The summed E-state index contributed by atoms with van der Waals surface area (Å²) in [4.78, 5) is 9.19. The molecule has 1 fully saturated rings. The Kier molecular flexibility index (Phi) is 4.60. The molecule has 0 unspecified atom stereocenters. The van der Waals surface area contributed by atoms with Gasteiger partial charge in [0, 0.05) is 36.3 Å². The Bertz CT molecular complexity index is 1110. The van der Waals surface area contributed by atoms with Gasteiger partial charge >= 0.3 is 0 Å². The van der Waals surface area contributed by atoms with Crippen LogP contribution < -0.4 is 0 Å². The number of aromatic nitrogens is 2. The van der Waals surface area contributed by atoms with Crippen molar-refractivity contribution in [1.29, 1.82) is 5.26 Å². The van der Waals surface area contributed by atoms with E-state index in [1.54, 1.807) is 6.20 Å². The first-order chi connectivity index (χ1) is 13.1. The first kappa shape index (κ1) is 17.6. The van der Waals surface area contributed by atoms with Gasteiger partial charge in [0.05, 0.1) is 16.5 Å². The van der Waals surface area contributed by atoms with Gasteiger partial charge in [-0.1, -0.05) is 0 Å². The fourth-order valence-electron chi connectivity index (χ4n) is 3.44. The summed E-state index contributed by atoms with van der Waals surface area (Å²) >= 11 is 0. The topological polar surface area (TPSA) is 87.0 Å². The Labute approximate surface area is 158 Å². The van der Waals surface area contributed by atoms with E-state index in [1.165, 1.54) is 28.6 Å². The maximum absolute atomic E-state index is 12.8. The van der Waals surface area contributed by atoms with Crippen LogP contribution in [0.3, 0.4) is 0 Å². The van der Waals surface area contributed by atoms with Crippen LogP contribution in [0.1, 0.15) is 30.0 Å². The van der Waals surface area contributed by atoms with Crippen molar-refractivity contribution in [3.63, 3.8) is 0 Å². The Hall–Kier alpha value is -2.82. The molecule has 1 saturated heterocycles. The van der Waals surface area contributed by atoms with Crippen LogP contribution in [0.15, 0.2) is 59.6 Å². The summed E-state index contributed by atoms with van der Waals surface area (Å²) in [5, 5.41) is 9.87. The molecule has 0 N–H and O–H groups in total. The number of hydrogen-bond donors (Lipinski definition) is 0. The van der Waals surface area contributed by atoms with Gasteiger partial charge in [-0.2, -0.15) is 9.57 Å². The monoisotopic (exact) mass is 378 g/mol. The van der Waals surface area contributed by atoms with Crippen molar-refractivity contribution >= 4 is 21.1 Å². The predicted molar refractivity (Wildman–Crippen MR) is 101 cm³/mol. The largest absolute Gasteiger partial charge is 0.243 e. The summed E-state index contributed by atoms with van der Waals surface area (Å²) in [6.07, 6.45) is 3.17. The summed E-state index contributed by atoms with van der Waals surface area (Å²) in [6, 6.07) is 16.0. The standard InChI is InChI=1S/C20H18N4O2S/c21-14-15-3-6-18(7-4-15)27(25,26)24-12-9-16(10-13-24)19-8-5-17-2-1-11-22-20(17)23-19/h1-8,11,16H,9-10,12-13H2. The van der Waals surface area contributed by atoms with Crippen LogP contribution in [-0.4, -0.2) is 35.8 Å². The molecule has 0 radical (unpaired) electrons. The predicted octanol–water partition coefficient (Wildman–Crippen LogP) is 3.07. The lowest BCUT2D eigenvalue weighted by Gasteiger charge is -2.31. The van der Waals surface area contributed by atoms with Crippen LogP contribution in [0.4, 0.5) is 0 Å². The molecule has 0 aliphatic carbocycles. The van der Waals surface area contributed by atoms with Gasteiger partial charge in [-0.05, 0) is 61.4 Å². The lowest BCUT2D eigenvalue weighted by molar-refractivity contribution is 0.317. The molecule has 0 saturated carbocycles. The SMILES string of the molecule is N#Cc1ccc(S(=O)(=O)N2CCC(c3ccc4cccnc4n3)CC2)cc1. The lowest BCUT2D eigenvalue weighted by atomic mass is 9.94. The molecule has 0 bridgehead atoms. The molecule has 2 aromatic heterocycles. The van der Waals surface area contributed by atoms with Crippen molar-refractivity contribution in [2.45, 2.75) is 23.7 Å². The van der Waals surface area contributed by atoms with Crippen molar-refractivity contribution in [2.75, 3.05) is 13.1 Å². The summed E-state index contributed by atoms with van der Waals surface area (Å²) in [7, 11) is -3.54. The molecule has 4 rings (SSSR count). The number of fused-ring (bicyclic) bond motifs is 1. The molecular formula is C20H18N4O2S. The number of piperidine rings is 1. The van der Waals surface area contributed by atoms with Crippen LogP contribution in [0.25, 0.3) is 11.0 Å². The second-order valence-corrected chi connectivity index (χ2v) is 8.54. The highest BCUT2D eigenvalue weighted by molar-refractivity contribution is 7.89. The van der Waals surface area contributed by atoms with E-state index in [9.17, 15) is 8.42 Å². The number of nitriles is 1. The summed E-state index contributed by atoms with van der Waals surface area (Å²) in [5.41, 5.74) is 2.14. The summed E-state index contributed by atoms with van der Waals surface area (Å²) in [6.45, 7) is 0.907. The average molecular weight is 378 g/mol. The van der Waals surface area contributed by atoms with Crippen LogP contribution in [0, 0.1) is 11.3 Å². The average Bonchev–Trinajstić information content (AvgIpc) is 2.73. The second kappa shape index (κ2) is 7.06. The van der Waals surface area contributed by atoms with E-state index in [1.807, 2.05) is 30.3 Å². The van der Waals surface area contributed by atoms with E-state index in [4.69, 9.17) is 5.26 Å². The molecule has 0 spiro atoms. The maximum Gasteiger partial charge on any atom is 0.243 e. The molecule has 136 valence electrons. The van der Waals surface area contributed by atoms with Crippen LogP contribution >= 0.6 is 0 Å². The van der Waals surface area contributed by atoms with Gasteiger partial charge in [0.2, 0.25) is 10.0 Å². The van der Waals surface area contributed by atoms with E-state index in [-0.39, 0.29) is 10.8 Å². The first-order valence-electron chi connectivity index (χ1n) is 8.80. The number of sulfonamides is 1. The number of rotatable bonds is 3. The Balaban J connectivity index is 1.49. The molecule has 6 nitrogen and oxygen atoms in total. The maximum atomic E-state index is 12.8. The van der Waals surface area contributed by atoms with Crippen LogP contribution in [-0.2, 0) is 10.0 Å². The third kappa shape index (κ3) is 3.42. The first-order valence-corrected chi connectivity index (χ1v) is 10.2. The highest BCUT2D eigenvalue weighted by Crippen LogP contribution is 2.30. The van der Waals surface area contributed by atoms with Crippen molar-refractivity contribution in [3.8, 4) is 6.07 Å². The van der Waals surface area contributed by atoms with Gasteiger partial charge < -0.3 is 0 Å². The third-order valence-electron chi connectivity index (χ3n) is 4.98. The second-order valence-electron chi connectivity index (χ2n) is 6.60. The van der Waals surface area contributed by atoms with Gasteiger partial charge in [0.1, 0.15) is 0 Å². The van der Waals surface area contributed by atoms with E-state index >= 15 is 0 Å². The van der Waals surface area contributed by atoms with Gasteiger partial charge in [-0.3, -0.25) is 0 Å². The molecule has 0 atom stereocenters. The number of benzene rings is 1. The van der Waals surface area contributed by atoms with Crippen molar-refractivity contribution in [2.24, 2.45) is 0 Å². The zero-order chi connectivity index (χ0) is 18.9. The molecule has 3 aromatic rings. The minimum absolute atomic E-state index is 0.226. The Morgan fingerprint density at radius 2 is 1.78 bits per heavy atom. The van der Waals surface area contributed by atoms with Gasteiger partial charge in [0.15, 0.2) is 5.65 Å². The molecule has 1 aliphatic heterocycles. The van der Waals surface area contributed by atoms with Crippen LogP contribution in [0.2, 0.25) is 0 Å². The van der Waals surface area contributed by atoms with E-state index < -0.39 is 10.0 Å². The number of hydrogen-bond acceptors (Lipinski definition) is 5. The Morgan fingerprint density at radius 1 is 1.04 bits per heavy atom. The molecule has 7 heteroatoms. The quantitative estimate of drug-likeness (QED) is 0.699. The van der Waals surface area contributed by atoms with E-state index in [0.717, 1.165) is 29.6 Å². The zero-order valence-corrected chi connectivity index (χ0v) is 15.4. The third-order valence-corrected chi connectivity index (χ3v) is 6.89. The number of nitrogens with zero attached hydrogens (tertiary/aromatic N) is 4. The normalized spacial score (nSPS) is 16.3. The fourth-order valence-corrected chi connectivity index (χ4v) is 4.91. The van der Waals surface area contributed by atoms with Crippen LogP contribution in [0.5, 0.6) is 0 Å². The highest BCUT2D eigenvalue weighted by Gasteiger charge is 2.30. The minimum atomic E-state index is -3.54. The fraction of sp³-hybridized carbons (Fsp3) is 0.250. The van der Waals surface area contributed by atoms with Gasteiger partial charge in [-0.25, -0.2) is 18.4 Å². The molecule has 1 aromatic carbocycles. The molecule has 3 heterocycles. The van der Waals surface area contributed by atoms with Gasteiger partial charge in [0.25, 0.3) is 0 Å². The summed E-state index contributed by atoms with van der Waals surface area (Å²) in [5.74, 6) is 0.226. The summed E-state index contributed by atoms with van der Waals surface area (Å²) < 4.78 is 27.2. The lowest BCUT2D eigenvalue weighted by Crippen LogP contribution is -2.38. The van der Waals surface area contributed by atoms with Gasteiger partial charge in [-0.15, -0.1) is 0 Å². The Morgan fingerprint density at radius 3 is 2.48 bits per heavy atom. The molecule has 27 heavy (non-hydrogen) atoms. The number of pyridine rings is 2. The highest BCUT2D eigenvalue weighted by atomic mass is 32.2.